The summed E-state index contributed by atoms with van der Waals surface area (Å²) in [5.74, 6) is 0.876. The third-order valence-electron chi connectivity index (χ3n) is 4.19. The number of nitrogens with one attached hydrogen (secondary N) is 1. The van der Waals surface area contributed by atoms with Crippen molar-refractivity contribution in [2.24, 2.45) is 0 Å². The number of fused-ring (bicyclic) bond motifs is 1. The highest BCUT2D eigenvalue weighted by atomic mass is 16.1. The smallest absolute Gasteiger partial charge is 0.240 e. The summed E-state index contributed by atoms with van der Waals surface area (Å²) in [7, 11) is 0. The molecule has 4 nitrogen and oxygen atoms in total. The van der Waals surface area contributed by atoms with Crippen LogP contribution in [-0.4, -0.2) is 22.0 Å². The van der Waals surface area contributed by atoms with E-state index in [4.69, 9.17) is 4.98 Å². The van der Waals surface area contributed by atoms with Crippen LogP contribution in [0.2, 0.25) is 0 Å². The third kappa shape index (κ3) is 3.32. The number of hydrogen-bond acceptors (Lipinski definition) is 2. The SMILES string of the molecule is CCCCNC(=O)Cn1c(-c2ccccc2C)nc2ccccc21. The highest BCUT2D eigenvalue weighted by Crippen LogP contribution is 2.27. The molecule has 3 aromatic rings. The molecule has 1 N–H and O–H groups in total. The molecule has 1 amide bonds. The highest BCUT2D eigenvalue weighted by molar-refractivity contribution is 5.84. The average molecular weight is 321 g/mol. The van der Waals surface area contributed by atoms with E-state index >= 15 is 0 Å². The van der Waals surface area contributed by atoms with E-state index in [0.717, 1.165) is 47.4 Å². The van der Waals surface area contributed by atoms with Crippen LogP contribution in [0.3, 0.4) is 0 Å². The summed E-state index contributed by atoms with van der Waals surface area (Å²) in [5.41, 5.74) is 4.12. The molecule has 0 aliphatic carbocycles. The van der Waals surface area contributed by atoms with Crippen LogP contribution in [0.1, 0.15) is 25.3 Å². The maximum Gasteiger partial charge on any atom is 0.240 e. The van der Waals surface area contributed by atoms with Crippen molar-refractivity contribution in [2.75, 3.05) is 6.54 Å². The first kappa shape index (κ1) is 16.2. The van der Waals surface area contributed by atoms with Gasteiger partial charge in [0.2, 0.25) is 5.91 Å². The molecule has 0 atom stereocenters. The number of para-hydroxylation sites is 2. The summed E-state index contributed by atoms with van der Waals surface area (Å²) < 4.78 is 2.01. The number of hydrogen-bond donors (Lipinski definition) is 1. The van der Waals surface area contributed by atoms with Gasteiger partial charge >= 0.3 is 0 Å². The van der Waals surface area contributed by atoms with Crippen molar-refractivity contribution in [3.05, 3.63) is 54.1 Å². The molecule has 0 radical (unpaired) electrons. The maximum atomic E-state index is 12.3. The van der Waals surface area contributed by atoms with Crippen molar-refractivity contribution in [3.63, 3.8) is 0 Å². The van der Waals surface area contributed by atoms with Crippen LogP contribution < -0.4 is 5.32 Å². The number of aromatic nitrogens is 2. The Balaban J connectivity index is 2.00. The highest BCUT2D eigenvalue weighted by Gasteiger charge is 2.16. The predicted octanol–water partition coefficient (Wildman–Crippen LogP) is 3.93. The van der Waals surface area contributed by atoms with Gasteiger partial charge in [-0.15, -0.1) is 0 Å². The van der Waals surface area contributed by atoms with E-state index in [1.165, 1.54) is 0 Å². The molecule has 124 valence electrons. The number of imidazole rings is 1. The number of aryl methyl sites for hydroxylation is 1. The van der Waals surface area contributed by atoms with E-state index in [0.29, 0.717) is 0 Å². The zero-order valence-corrected chi connectivity index (χ0v) is 14.2. The summed E-state index contributed by atoms with van der Waals surface area (Å²) in [6, 6.07) is 16.1. The van der Waals surface area contributed by atoms with Crippen molar-refractivity contribution in [3.8, 4) is 11.4 Å². The lowest BCUT2D eigenvalue weighted by molar-refractivity contribution is -0.121. The second kappa shape index (κ2) is 7.30. The van der Waals surface area contributed by atoms with Crippen molar-refractivity contribution in [2.45, 2.75) is 33.2 Å². The summed E-state index contributed by atoms with van der Waals surface area (Å²) in [5, 5.41) is 2.99. The van der Waals surface area contributed by atoms with Crippen molar-refractivity contribution < 1.29 is 4.79 Å². The Labute approximate surface area is 142 Å². The van der Waals surface area contributed by atoms with Crippen molar-refractivity contribution in [1.29, 1.82) is 0 Å². The largest absolute Gasteiger partial charge is 0.355 e. The van der Waals surface area contributed by atoms with E-state index in [1.54, 1.807) is 0 Å². The van der Waals surface area contributed by atoms with Gasteiger partial charge in [-0.2, -0.15) is 0 Å². The number of amides is 1. The Morgan fingerprint density at radius 2 is 1.88 bits per heavy atom. The number of carbonyl (C=O) groups is 1. The number of nitrogens with zero attached hydrogens (tertiary/aromatic N) is 2. The quantitative estimate of drug-likeness (QED) is 0.699. The van der Waals surface area contributed by atoms with Crippen LogP contribution in [0.25, 0.3) is 22.4 Å². The second-order valence-corrected chi connectivity index (χ2v) is 6.03. The first-order chi connectivity index (χ1) is 11.7. The van der Waals surface area contributed by atoms with Crippen LogP contribution in [0.15, 0.2) is 48.5 Å². The fourth-order valence-corrected chi connectivity index (χ4v) is 2.87. The molecule has 2 aromatic carbocycles. The Morgan fingerprint density at radius 3 is 2.67 bits per heavy atom. The van der Waals surface area contributed by atoms with E-state index in [-0.39, 0.29) is 12.5 Å². The molecule has 0 aliphatic heterocycles. The number of benzene rings is 2. The van der Waals surface area contributed by atoms with Crippen molar-refractivity contribution >= 4 is 16.9 Å². The zero-order chi connectivity index (χ0) is 16.9. The van der Waals surface area contributed by atoms with Gasteiger partial charge in [-0.3, -0.25) is 4.79 Å². The second-order valence-electron chi connectivity index (χ2n) is 6.03. The minimum Gasteiger partial charge on any atom is -0.355 e. The summed E-state index contributed by atoms with van der Waals surface area (Å²) in [6.07, 6.45) is 2.07. The Hall–Kier alpha value is -2.62. The van der Waals surface area contributed by atoms with Gasteiger partial charge in [-0.05, 0) is 31.0 Å². The first-order valence-electron chi connectivity index (χ1n) is 8.48. The number of carbonyl (C=O) groups excluding carboxylic acids is 1. The first-order valence-corrected chi connectivity index (χ1v) is 8.48. The van der Waals surface area contributed by atoms with Crippen LogP contribution >= 0.6 is 0 Å². The van der Waals surface area contributed by atoms with Gasteiger partial charge in [0.25, 0.3) is 0 Å². The minimum atomic E-state index is 0.0291. The summed E-state index contributed by atoms with van der Waals surface area (Å²) >= 11 is 0. The lowest BCUT2D eigenvalue weighted by atomic mass is 10.1. The molecular formula is C20H23N3O. The average Bonchev–Trinajstić information content (AvgIpc) is 2.94. The van der Waals surface area contributed by atoms with Gasteiger partial charge in [0.05, 0.1) is 11.0 Å². The van der Waals surface area contributed by atoms with E-state index in [2.05, 4.69) is 31.3 Å². The van der Waals surface area contributed by atoms with Crippen LogP contribution in [0.5, 0.6) is 0 Å². The van der Waals surface area contributed by atoms with E-state index in [9.17, 15) is 4.79 Å². The van der Waals surface area contributed by atoms with Gasteiger partial charge in [0.15, 0.2) is 0 Å². The topological polar surface area (TPSA) is 46.9 Å². The Bertz CT molecular complexity index is 851. The van der Waals surface area contributed by atoms with Gasteiger partial charge in [0, 0.05) is 12.1 Å². The van der Waals surface area contributed by atoms with Gasteiger partial charge in [-0.1, -0.05) is 49.7 Å². The predicted molar refractivity (Wildman–Crippen MR) is 97.8 cm³/mol. The number of unbranched alkanes of at least 4 members (excludes halogenated alkanes) is 1. The van der Waals surface area contributed by atoms with E-state index < -0.39 is 0 Å². The molecule has 0 fully saturated rings. The fourth-order valence-electron chi connectivity index (χ4n) is 2.87. The van der Waals surface area contributed by atoms with Crippen LogP contribution in [-0.2, 0) is 11.3 Å². The third-order valence-corrected chi connectivity index (χ3v) is 4.19. The number of rotatable bonds is 6. The lowest BCUT2D eigenvalue weighted by Crippen LogP contribution is -2.28. The molecule has 0 spiro atoms. The molecule has 3 rings (SSSR count). The van der Waals surface area contributed by atoms with Crippen molar-refractivity contribution in [1.82, 2.24) is 14.9 Å². The Kier molecular flexibility index (Phi) is 4.94. The summed E-state index contributed by atoms with van der Waals surface area (Å²) in [6.45, 7) is 5.20. The standard InChI is InChI=1S/C20H23N3O/c1-3-4-13-21-19(24)14-23-18-12-8-7-11-17(18)22-20(23)16-10-6-5-9-15(16)2/h5-12H,3-4,13-14H2,1-2H3,(H,21,24). The lowest BCUT2D eigenvalue weighted by Gasteiger charge is -2.11. The van der Waals surface area contributed by atoms with Gasteiger partial charge in [0.1, 0.15) is 12.4 Å². The molecule has 0 aliphatic rings. The minimum absolute atomic E-state index is 0.0291. The van der Waals surface area contributed by atoms with Crippen LogP contribution in [0, 0.1) is 6.92 Å². The summed E-state index contributed by atoms with van der Waals surface area (Å²) in [4.78, 5) is 17.1. The molecule has 4 heteroatoms. The van der Waals surface area contributed by atoms with E-state index in [1.807, 2.05) is 41.0 Å². The monoisotopic (exact) mass is 321 g/mol. The molecule has 24 heavy (non-hydrogen) atoms. The fraction of sp³-hybridized carbons (Fsp3) is 0.300. The normalized spacial score (nSPS) is 10.9. The molecule has 1 heterocycles. The molecular weight excluding hydrogens is 298 g/mol. The molecule has 1 aromatic heterocycles. The Morgan fingerprint density at radius 1 is 1.12 bits per heavy atom. The van der Waals surface area contributed by atoms with Crippen LogP contribution in [0.4, 0.5) is 0 Å². The van der Waals surface area contributed by atoms with Gasteiger partial charge < -0.3 is 9.88 Å². The zero-order valence-electron chi connectivity index (χ0n) is 14.2. The molecule has 0 saturated carbocycles. The maximum absolute atomic E-state index is 12.3. The molecule has 0 unspecified atom stereocenters. The van der Waals surface area contributed by atoms with Gasteiger partial charge in [-0.25, -0.2) is 4.98 Å². The molecule has 0 bridgehead atoms. The molecule has 0 saturated heterocycles.